The van der Waals surface area contributed by atoms with Crippen molar-refractivity contribution in [3.05, 3.63) is 29.3 Å². The van der Waals surface area contributed by atoms with Gasteiger partial charge in [0.2, 0.25) is 0 Å². The molecule has 1 aromatic carbocycles. The smallest absolute Gasteiger partial charge is 0.254 e. The van der Waals surface area contributed by atoms with Crippen LogP contribution in [0.5, 0.6) is 0 Å². The third kappa shape index (κ3) is 2.42. The van der Waals surface area contributed by atoms with Crippen LogP contribution in [0.1, 0.15) is 22.3 Å². The van der Waals surface area contributed by atoms with E-state index in [-0.39, 0.29) is 12.0 Å². The molecular formula is C13H18N2O2. The van der Waals surface area contributed by atoms with Crippen LogP contribution < -0.4 is 5.32 Å². The number of nitrogens with one attached hydrogen (secondary N) is 1. The van der Waals surface area contributed by atoms with Gasteiger partial charge in [0.1, 0.15) is 0 Å². The van der Waals surface area contributed by atoms with Crippen molar-refractivity contribution in [2.45, 2.75) is 19.4 Å². The maximum Gasteiger partial charge on any atom is 0.254 e. The van der Waals surface area contributed by atoms with Crippen LogP contribution in [0.25, 0.3) is 0 Å². The van der Waals surface area contributed by atoms with E-state index in [9.17, 15) is 9.90 Å². The van der Waals surface area contributed by atoms with E-state index in [1.54, 1.807) is 4.90 Å². The number of nitrogens with zero attached hydrogens (tertiary/aromatic N) is 1. The fourth-order valence-corrected chi connectivity index (χ4v) is 2.16. The van der Waals surface area contributed by atoms with Crippen molar-refractivity contribution in [1.29, 1.82) is 0 Å². The van der Waals surface area contributed by atoms with Gasteiger partial charge < -0.3 is 15.3 Å². The number of benzene rings is 1. The number of hydrogen-bond acceptors (Lipinski definition) is 3. The van der Waals surface area contributed by atoms with Crippen LogP contribution >= 0.6 is 0 Å². The fourth-order valence-electron chi connectivity index (χ4n) is 2.16. The minimum Gasteiger partial charge on any atom is -0.391 e. The number of β-amino-alcohol motifs (C(OH)–C–C–N with tert-alkyl or cyclic N) is 1. The number of carbonyl (C=O) groups excluding carboxylic acids is 1. The second-order valence-electron chi connectivity index (χ2n) is 4.47. The normalized spacial score (nSPS) is 19.5. The zero-order chi connectivity index (χ0) is 12.4. The van der Waals surface area contributed by atoms with E-state index in [0.717, 1.165) is 16.8 Å². The third-order valence-electron chi connectivity index (χ3n) is 3.20. The third-order valence-corrected chi connectivity index (χ3v) is 3.20. The summed E-state index contributed by atoms with van der Waals surface area (Å²) in [6.07, 6.45) is 0.315. The SMILES string of the molecule is CNc1ccc(C(=O)N2CCC(O)C2)c(C)c1. The number of likely N-dealkylation sites (tertiary alicyclic amines) is 1. The molecule has 0 spiro atoms. The van der Waals surface area contributed by atoms with Crippen LogP contribution in [0.15, 0.2) is 18.2 Å². The van der Waals surface area contributed by atoms with Gasteiger partial charge in [-0.25, -0.2) is 0 Å². The number of amides is 1. The minimum atomic E-state index is -0.365. The predicted octanol–water partition coefficient (Wildman–Crippen LogP) is 1.24. The van der Waals surface area contributed by atoms with Crippen molar-refractivity contribution in [2.24, 2.45) is 0 Å². The second kappa shape index (κ2) is 4.75. The van der Waals surface area contributed by atoms with E-state index in [4.69, 9.17) is 0 Å². The molecule has 0 aromatic heterocycles. The summed E-state index contributed by atoms with van der Waals surface area (Å²) in [4.78, 5) is 13.9. The molecule has 0 radical (unpaired) electrons. The standard InChI is InChI=1S/C13H18N2O2/c1-9-7-10(14-2)3-4-12(9)13(17)15-6-5-11(16)8-15/h3-4,7,11,14,16H,5-6,8H2,1-2H3. The molecule has 0 bridgehead atoms. The van der Waals surface area contributed by atoms with Gasteiger partial charge in [-0.3, -0.25) is 4.79 Å². The van der Waals surface area contributed by atoms with Gasteiger partial charge in [0.05, 0.1) is 6.10 Å². The van der Waals surface area contributed by atoms with Gasteiger partial charge >= 0.3 is 0 Å². The Labute approximate surface area is 101 Å². The number of aliphatic hydroxyl groups excluding tert-OH is 1. The first-order chi connectivity index (χ1) is 8.11. The second-order valence-corrected chi connectivity index (χ2v) is 4.47. The molecule has 1 aromatic rings. The van der Waals surface area contributed by atoms with Crippen molar-refractivity contribution in [1.82, 2.24) is 4.90 Å². The summed E-state index contributed by atoms with van der Waals surface area (Å²) >= 11 is 0. The van der Waals surface area contributed by atoms with Gasteiger partial charge in [-0.2, -0.15) is 0 Å². The number of carbonyl (C=O) groups is 1. The Bertz CT molecular complexity index is 431. The average molecular weight is 234 g/mol. The summed E-state index contributed by atoms with van der Waals surface area (Å²) in [6.45, 7) is 3.03. The monoisotopic (exact) mass is 234 g/mol. The minimum absolute atomic E-state index is 0.0155. The van der Waals surface area contributed by atoms with Crippen LogP contribution in [0.3, 0.4) is 0 Å². The maximum absolute atomic E-state index is 12.2. The number of aryl methyl sites for hydroxylation is 1. The lowest BCUT2D eigenvalue weighted by Crippen LogP contribution is -2.30. The highest BCUT2D eigenvalue weighted by Crippen LogP contribution is 2.19. The molecule has 1 aliphatic heterocycles. The van der Waals surface area contributed by atoms with Crippen molar-refractivity contribution < 1.29 is 9.90 Å². The van der Waals surface area contributed by atoms with Crippen LogP contribution in [0.4, 0.5) is 5.69 Å². The Hall–Kier alpha value is -1.55. The quantitative estimate of drug-likeness (QED) is 0.809. The molecule has 2 rings (SSSR count). The van der Waals surface area contributed by atoms with Gasteiger partial charge in [-0.15, -0.1) is 0 Å². The van der Waals surface area contributed by atoms with Crippen LogP contribution in [-0.4, -0.2) is 42.2 Å². The van der Waals surface area contributed by atoms with E-state index in [1.165, 1.54) is 0 Å². The molecule has 1 unspecified atom stereocenters. The number of anilines is 1. The average Bonchev–Trinajstić information content (AvgIpc) is 2.75. The summed E-state index contributed by atoms with van der Waals surface area (Å²) < 4.78 is 0. The lowest BCUT2D eigenvalue weighted by molar-refractivity contribution is 0.0764. The summed E-state index contributed by atoms with van der Waals surface area (Å²) in [6, 6.07) is 5.70. The van der Waals surface area contributed by atoms with Gasteiger partial charge in [0, 0.05) is 31.4 Å². The van der Waals surface area contributed by atoms with Crippen LogP contribution in [0.2, 0.25) is 0 Å². The zero-order valence-corrected chi connectivity index (χ0v) is 10.2. The number of aliphatic hydroxyl groups is 1. The van der Waals surface area contributed by atoms with Crippen molar-refractivity contribution in [3.8, 4) is 0 Å². The Kier molecular flexibility index (Phi) is 3.33. The topological polar surface area (TPSA) is 52.6 Å². The first kappa shape index (κ1) is 11.9. The van der Waals surface area contributed by atoms with E-state index < -0.39 is 0 Å². The molecule has 92 valence electrons. The van der Waals surface area contributed by atoms with E-state index >= 15 is 0 Å². The lowest BCUT2D eigenvalue weighted by Gasteiger charge is -2.17. The summed E-state index contributed by atoms with van der Waals surface area (Å²) in [5.41, 5.74) is 2.68. The van der Waals surface area contributed by atoms with Crippen molar-refractivity contribution in [2.75, 3.05) is 25.5 Å². The van der Waals surface area contributed by atoms with E-state index in [2.05, 4.69) is 5.32 Å². The maximum atomic E-state index is 12.2. The molecule has 1 heterocycles. The molecule has 0 aliphatic carbocycles. The molecule has 17 heavy (non-hydrogen) atoms. The highest BCUT2D eigenvalue weighted by atomic mass is 16.3. The molecule has 1 amide bonds. The molecule has 1 atom stereocenters. The van der Waals surface area contributed by atoms with Gasteiger partial charge in [-0.1, -0.05) is 0 Å². The Balaban J connectivity index is 2.19. The van der Waals surface area contributed by atoms with Gasteiger partial charge in [-0.05, 0) is 37.1 Å². The Morgan fingerprint density at radius 1 is 1.53 bits per heavy atom. The largest absolute Gasteiger partial charge is 0.391 e. The number of rotatable bonds is 2. The molecule has 1 saturated heterocycles. The van der Waals surface area contributed by atoms with E-state index in [1.807, 2.05) is 32.2 Å². The zero-order valence-electron chi connectivity index (χ0n) is 10.2. The molecule has 1 fully saturated rings. The molecular weight excluding hydrogens is 216 g/mol. The van der Waals surface area contributed by atoms with Crippen LogP contribution in [-0.2, 0) is 0 Å². The lowest BCUT2D eigenvalue weighted by atomic mass is 10.1. The summed E-state index contributed by atoms with van der Waals surface area (Å²) in [5.74, 6) is 0.0155. The van der Waals surface area contributed by atoms with Crippen molar-refractivity contribution >= 4 is 11.6 Å². The summed E-state index contributed by atoms with van der Waals surface area (Å²) in [5, 5.41) is 12.5. The molecule has 0 saturated carbocycles. The first-order valence-electron chi connectivity index (χ1n) is 5.87. The molecule has 4 nitrogen and oxygen atoms in total. The molecule has 1 aliphatic rings. The fraction of sp³-hybridized carbons (Fsp3) is 0.462. The highest BCUT2D eigenvalue weighted by molar-refractivity contribution is 5.96. The Morgan fingerprint density at radius 2 is 2.29 bits per heavy atom. The number of hydrogen-bond donors (Lipinski definition) is 2. The first-order valence-corrected chi connectivity index (χ1v) is 5.87. The Morgan fingerprint density at radius 3 is 2.82 bits per heavy atom. The predicted molar refractivity (Wildman–Crippen MR) is 67.3 cm³/mol. The van der Waals surface area contributed by atoms with Crippen LogP contribution in [0, 0.1) is 6.92 Å². The van der Waals surface area contributed by atoms with Gasteiger partial charge in [0.15, 0.2) is 0 Å². The molecule has 2 N–H and O–H groups in total. The highest BCUT2D eigenvalue weighted by Gasteiger charge is 2.26. The summed E-state index contributed by atoms with van der Waals surface area (Å²) in [7, 11) is 1.85. The van der Waals surface area contributed by atoms with Crippen molar-refractivity contribution in [3.63, 3.8) is 0 Å². The molecule has 4 heteroatoms. The van der Waals surface area contributed by atoms with Gasteiger partial charge in [0.25, 0.3) is 5.91 Å². The van der Waals surface area contributed by atoms with E-state index in [0.29, 0.717) is 19.5 Å².